The monoisotopic (exact) mass is 296 g/mol. The molecule has 1 amide bonds. The lowest BCUT2D eigenvalue weighted by Gasteiger charge is -2.27. The van der Waals surface area contributed by atoms with Gasteiger partial charge in [0.15, 0.2) is 0 Å². The number of morpholine rings is 1. The zero-order valence-corrected chi connectivity index (χ0v) is 12.7. The van der Waals surface area contributed by atoms with E-state index >= 15 is 0 Å². The maximum absolute atomic E-state index is 12.6. The van der Waals surface area contributed by atoms with Crippen molar-refractivity contribution in [2.24, 2.45) is 0 Å². The zero-order chi connectivity index (χ0) is 15.5. The highest BCUT2D eigenvalue weighted by Gasteiger charge is 2.19. The van der Waals surface area contributed by atoms with Crippen LogP contribution in [-0.2, 0) is 4.74 Å². The van der Waals surface area contributed by atoms with Crippen LogP contribution < -0.4 is 5.73 Å². The van der Waals surface area contributed by atoms with Gasteiger partial charge in [-0.15, -0.1) is 0 Å². The van der Waals surface area contributed by atoms with Gasteiger partial charge < -0.3 is 15.4 Å². The quantitative estimate of drug-likeness (QED) is 0.867. The van der Waals surface area contributed by atoms with Crippen molar-refractivity contribution in [3.05, 3.63) is 53.6 Å². The first-order valence-electron chi connectivity index (χ1n) is 7.49. The summed E-state index contributed by atoms with van der Waals surface area (Å²) in [6, 6.07) is 13.7. The number of hydrogen-bond acceptors (Lipinski definition) is 3. The molecule has 22 heavy (non-hydrogen) atoms. The van der Waals surface area contributed by atoms with Crippen LogP contribution in [0, 0.1) is 6.92 Å². The van der Waals surface area contributed by atoms with Crippen molar-refractivity contribution in [1.82, 2.24) is 4.90 Å². The van der Waals surface area contributed by atoms with Crippen molar-refractivity contribution in [2.45, 2.75) is 6.92 Å². The van der Waals surface area contributed by atoms with Crippen LogP contribution in [0.2, 0.25) is 0 Å². The molecular formula is C18H20N2O2. The van der Waals surface area contributed by atoms with E-state index in [9.17, 15) is 4.79 Å². The van der Waals surface area contributed by atoms with E-state index in [1.165, 1.54) is 0 Å². The molecule has 0 aromatic heterocycles. The molecule has 0 bridgehead atoms. The Balaban J connectivity index is 1.96. The maximum Gasteiger partial charge on any atom is 0.254 e. The second-order valence-electron chi connectivity index (χ2n) is 5.56. The van der Waals surface area contributed by atoms with Gasteiger partial charge in [-0.3, -0.25) is 4.79 Å². The van der Waals surface area contributed by atoms with E-state index in [1.807, 2.05) is 35.2 Å². The van der Waals surface area contributed by atoms with Crippen LogP contribution in [0.3, 0.4) is 0 Å². The van der Waals surface area contributed by atoms with Gasteiger partial charge >= 0.3 is 0 Å². The number of ether oxygens (including phenoxy) is 1. The number of carbonyl (C=O) groups is 1. The molecule has 114 valence electrons. The summed E-state index contributed by atoms with van der Waals surface area (Å²) in [7, 11) is 0. The number of amides is 1. The second kappa shape index (κ2) is 6.20. The fourth-order valence-electron chi connectivity index (χ4n) is 2.78. The third-order valence-corrected chi connectivity index (χ3v) is 3.96. The number of rotatable bonds is 2. The highest BCUT2D eigenvalue weighted by atomic mass is 16.5. The molecule has 4 nitrogen and oxygen atoms in total. The van der Waals surface area contributed by atoms with Crippen LogP contribution >= 0.6 is 0 Å². The fraction of sp³-hybridized carbons (Fsp3) is 0.278. The van der Waals surface area contributed by atoms with Crippen molar-refractivity contribution >= 4 is 11.6 Å². The molecule has 2 aromatic rings. The molecule has 2 N–H and O–H groups in total. The lowest BCUT2D eigenvalue weighted by Crippen LogP contribution is -2.40. The van der Waals surface area contributed by atoms with Gasteiger partial charge in [0, 0.05) is 24.3 Å². The van der Waals surface area contributed by atoms with E-state index in [1.54, 1.807) is 6.07 Å². The molecule has 1 saturated heterocycles. The minimum Gasteiger partial charge on any atom is -0.399 e. The first-order valence-corrected chi connectivity index (χ1v) is 7.49. The molecule has 1 fully saturated rings. The Morgan fingerprint density at radius 2 is 1.86 bits per heavy atom. The van der Waals surface area contributed by atoms with Gasteiger partial charge in [0.05, 0.1) is 13.2 Å². The average Bonchev–Trinajstić information content (AvgIpc) is 2.55. The molecule has 0 spiro atoms. The van der Waals surface area contributed by atoms with Crippen LogP contribution in [-0.4, -0.2) is 37.1 Å². The van der Waals surface area contributed by atoms with Crippen LogP contribution in [0.1, 0.15) is 15.9 Å². The Morgan fingerprint density at radius 3 is 2.59 bits per heavy atom. The number of benzene rings is 2. The van der Waals surface area contributed by atoms with Gasteiger partial charge in [0.1, 0.15) is 0 Å². The van der Waals surface area contributed by atoms with Gasteiger partial charge in [-0.25, -0.2) is 0 Å². The van der Waals surface area contributed by atoms with Gasteiger partial charge in [-0.2, -0.15) is 0 Å². The van der Waals surface area contributed by atoms with E-state index in [4.69, 9.17) is 10.5 Å². The number of hydrogen-bond donors (Lipinski definition) is 1. The molecule has 0 radical (unpaired) electrons. The molecule has 1 heterocycles. The Kier molecular flexibility index (Phi) is 4.11. The number of carbonyl (C=O) groups excluding carboxylic acids is 1. The fourth-order valence-corrected chi connectivity index (χ4v) is 2.78. The van der Waals surface area contributed by atoms with E-state index in [0.29, 0.717) is 37.6 Å². The molecule has 4 heteroatoms. The first-order chi connectivity index (χ1) is 10.6. The number of anilines is 1. The van der Waals surface area contributed by atoms with Crippen LogP contribution in [0.4, 0.5) is 5.69 Å². The van der Waals surface area contributed by atoms with Crippen molar-refractivity contribution in [1.29, 1.82) is 0 Å². The zero-order valence-electron chi connectivity index (χ0n) is 12.7. The molecule has 0 aliphatic carbocycles. The minimum absolute atomic E-state index is 0.0189. The van der Waals surface area contributed by atoms with Gasteiger partial charge in [-0.1, -0.05) is 24.3 Å². The van der Waals surface area contributed by atoms with Crippen LogP contribution in [0.15, 0.2) is 42.5 Å². The predicted molar refractivity (Wildman–Crippen MR) is 87.7 cm³/mol. The first kappa shape index (κ1) is 14.6. The summed E-state index contributed by atoms with van der Waals surface area (Å²) in [5.74, 6) is 0.0189. The molecular weight excluding hydrogens is 276 g/mol. The molecule has 1 aliphatic heterocycles. The third kappa shape index (κ3) is 2.97. The molecule has 1 aliphatic rings. The molecule has 2 aromatic carbocycles. The summed E-state index contributed by atoms with van der Waals surface area (Å²) in [5, 5.41) is 0. The Bertz CT molecular complexity index is 691. The molecule has 0 saturated carbocycles. The van der Waals surface area contributed by atoms with Crippen molar-refractivity contribution in [3.8, 4) is 11.1 Å². The third-order valence-electron chi connectivity index (χ3n) is 3.96. The summed E-state index contributed by atoms with van der Waals surface area (Å²) in [4.78, 5) is 14.5. The lowest BCUT2D eigenvalue weighted by molar-refractivity contribution is 0.0303. The number of nitrogens with two attached hydrogens (primary N) is 1. The standard InChI is InChI=1S/C18H20N2O2/c1-13-4-2-3-5-17(13)14-10-15(12-16(19)11-14)18(21)20-6-8-22-9-7-20/h2-5,10-12H,6-9,19H2,1H3. The summed E-state index contributed by atoms with van der Waals surface area (Å²) in [6.45, 7) is 4.51. The summed E-state index contributed by atoms with van der Waals surface area (Å²) in [6.07, 6.45) is 0. The Hall–Kier alpha value is -2.33. The molecule has 0 unspecified atom stereocenters. The normalized spacial score (nSPS) is 14.9. The minimum atomic E-state index is 0.0189. The number of aryl methyl sites for hydroxylation is 1. The van der Waals surface area contributed by atoms with Crippen molar-refractivity contribution in [3.63, 3.8) is 0 Å². The van der Waals surface area contributed by atoms with E-state index in [0.717, 1.165) is 16.7 Å². The molecule has 0 atom stereocenters. The van der Waals surface area contributed by atoms with Gasteiger partial charge in [0.2, 0.25) is 0 Å². The van der Waals surface area contributed by atoms with Gasteiger partial charge in [-0.05, 0) is 41.8 Å². The second-order valence-corrected chi connectivity index (χ2v) is 5.56. The predicted octanol–water partition coefficient (Wildman–Crippen LogP) is 2.72. The largest absolute Gasteiger partial charge is 0.399 e. The van der Waals surface area contributed by atoms with E-state index < -0.39 is 0 Å². The van der Waals surface area contributed by atoms with Crippen molar-refractivity contribution in [2.75, 3.05) is 32.0 Å². The highest BCUT2D eigenvalue weighted by Crippen LogP contribution is 2.27. The topological polar surface area (TPSA) is 55.6 Å². The Labute approximate surface area is 130 Å². The van der Waals surface area contributed by atoms with Crippen molar-refractivity contribution < 1.29 is 9.53 Å². The summed E-state index contributed by atoms with van der Waals surface area (Å²) >= 11 is 0. The number of nitrogen functional groups attached to an aromatic ring is 1. The van der Waals surface area contributed by atoms with Gasteiger partial charge in [0.25, 0.3) is 5.91 Å². The smallest absolute Gasteiger partial charge is 0.254 e. The highest BCUT2D eigenvalue weighted by molar-refractivity contribution is 5.96. The average molecular weight is 296 g/mol. The van der Waals surface area contributed by atoms with E-state index in [2.05, 4.69) is 13.0 Å². The maximum atomic E-state index is 12.6. The van der Waals surface area contributed by atoms with Crippen LogP contribution in [0.5, 0.6) is 0 Å². The summed E-state index contributed by atoms with van der Waals surface area (Å²) in [5.41, 5.74) is 10.5. The van der Waals surface area contributed by atoms with E-state index in [-0.39, 0.29) is 5.91 Å². The molecule has 3 rings (SSSR count). The summed E-state index contributed by atoms with van der Waals surface area (Å²) < 4.78 is 5.30. The number of nitrogens with zero attached hydrogens (tertiary/aromatic N) is 1. The lowest BCUT2D eigenvalue weighted by atomic mass is 9.98. The van der Waals surface area contributed by atoms with Crippen LogP contribution in [0.25, 0.3) is 11.1 Å². The SMILES string of the molecule is Cc1ccccc1-c1cc(N)cc(C(=O)N2CCOCC2)c1. The Morgan fingerprint density at radius 1 is 1.14 bits per heavy atom.